The third-order valence-corrected chi connectivity index (χ3v) is 2.00. The average Bonchev–Trinajstić information content (AvgIpc) is 2.06. The molecule has 0 spiro atoms. The van der Waals surface area contributed by atoms with E-state index in [4.69, 9.17) is 5.14 Å². The van der Waals surface area contributed by atoms with Crippen LogP contribution in [-0.2, 0) is 10.0 Å². The SMILES string of the molecule is C=CN.NS(=O)(=O)c1ccccc1. The Balaban J connectivity index is 0.000000424. The molecule has 0 saturated heterocycles. The van der Waals surface area contributed by atoms with E-state index in [1.165, 1.54) is 18.3 Å². The van der Waals surface area contributed by atoms with Gasteiger partial charge in [-0.15, -0.1) is 0 Å². The van der Waals surface area contributed by atoms with Gasteiger partial charge in [-0.05, 0) is 18.3 Å². The van der Waals surface area contributed by atoms with Gasteiger partial charge in [0.05, 0.1) is 4.90 Å². The van der Waals surface area contributed by atoms with E-state index in [1.54, 1.807) is 18.2 Å². The summed E-state index contributed by atoms with van der Waals surface area (Å²) in [7, 11) is -3.50. The number of hydrogen-bond donors (Lipinski definition) is 2. The highest BCUT2D eigenvalue weighted by Gasteiger charge is 2.03. The van der Waals surface area contributed by atoms with Crippen molar-refractivity contribution in [3.63, 3.8) is 0 Å². The zero-order valence-corrected chi connectivity index (χ0v) is 7.87. The zero-order chi connectivity index (χ0) is 10.3. The van der Waals surface area contributed by atoms with Crippen LogP contribution in [0.5, 0.6) is 0 Å². The van der Waals surface area contributed by atoms with Crippen molar-refractivity contribution in [2.75, 3.05) is 0 Å². The molecule has 0 amide bonds. The Bertz CT molecular complexity index is 346. The van der Waals surface area contributed by atoms with Crippen molar-refractivity contribution < 1.29 is 8.42 Å². The molecule has 0 aliphatic rings. The zero-order valence-electron chi connectivity index (χ0n) is 7.05. The smallest absolute Gasteiger partial charge is 0.238 e. The van der Waals surface area contributed by atoms with Gasteiger partial charge < -0.3 is 5.73 Å². The van der Waals surface area contributed by atoms with E-state index in [0.717, 1.165) is 0 Å². The van der Waals surface area contributed by atoms with Crippen LogP contribution in [0.3, 0.4) is 0 Å². The van der Waals surface area contributed by atoms with Gasteiger partial charge in [0.25, 0.3) is 0 Å². The number of hydrogen-bond acceptors (Lipinski definition) is 3. The Morgan fingerprint density at radius 2 is 1.62 bits per heavy atom. The second-order valence-electron chi connectivity index (χ2n) is 2.09. The van der Waals surface area contributed by atoms with Crippen molar-refractivity contribution in [1.82, 2.24) is 0 Å². The minimum absolute atomic E-state index is 0.148. The van der Waals surface area contributed by atoms with Crippen LogP contribution in [0.4, 0.5) is 0 Å². The molecule has 0 saturated carbocycles. The van der Waals surface area contributed by atoms with Crippen LogP contribution in [0, 0.1) is 0 Å². The molecule has 72 valence electrons. The largest absolute Gasteiger partial charge is 0.405 e. The van der Waals surface area contributed by atoms with Gasteiger partial charge in [-0.1, -0.05) is 24.8 Å². The van der Waals surface area contributed by atoms with Gasteiger partial charge >= 0.3 is 0 Å². The highest BCUT2D eigenvalue weighted by atomic mass is 32.2. The van der Waals surface area contributed by atoms with Gasteiger partial charge in [0.1, 0.15) is 0 Å². The normalized spacial score (nSPS) is 9.62. The van der Waals surface area contributed by atoms with Gasteiger partial charge in [-0.3, -0.25) is 0 Å². The molecule has 1 aromatic rings. The minimum atomic E-state index is -3.50. The molecule has 0 aliphatic heterocycles. The Kier molecular flexibility index (Phi) is 4.79. The van der Waals surface area contributed by atoms with E-state index in [9.17, 15) is 8.42 Å². The van der Waals surface area contributed by atoms with Gasteiger partial charge in [-0.25, -0.2) is 13.6 Å². The van der Waals surface area contributed by atoms with Gasteiger partial charge in [0.15, 0.2) is 0 Å². The predicted molar refractivity (Wildman–Crippen MR) is 52.2 cm³/mol. The first-order valence-electron chi connectivity index (χ1n) is 3.43. The number of primary sulfonamides is 1. The lowest BCUT2D eigenvalue weighted by atomic mass is 10.4. The Labute approximate surface area is 77.9 Å². The summed E-state index contributed by atoms with van der Waals surface area (Å²) in [4.78, 5) is 0.148. The van der Waals surface area contributed by atoms with Crippen LogP contribution in [0.15, 0.2) is 48.0 Å². The third-order valence-electron chi connectivity index (χ3n) is 1.07. The van der Waals surface area contributed by atoms with Gasteiger partial charge in [0.2, 0.25) is 10.0 Å². The molecule has 0 atom stereocenters. The molecular weight excluding hydrogens is 188 g/mol. The Hall–Kier alpha value is -1.33. The first kappa shape index (κ1) is 11.7. The monoisotopic (exact) mass is 200 g/mol. The first-order valence-corrected chi connectivity index (χ1v) is 4.97. The summed E-state index contributed by atoms with van der Waals surface area (Å²) in [6, 6.07) is 7.89. The summed E-state index contributed by atoms with van der Waals surface area (Å²) in [5.41, 5.74) is 4.61. The number of nitrogens with two attached hydrogens (primary N) is 2. The van der Waals surface area contributed by atoms with E-state index in [-0.39, 0.29) is 4.90 Å². The molecular formula is C8H12N2O2S. The van der Waals surface area contributed by atoms with Crippen LogP contribution in [0.25, 0.3) is 0 Å². The Morgan fingerprint density at radius 1 is 1.23 bits per heavy atom. The molecule has 4 nitrogen and oxygen atoms in total. The average molecular weight is 200 g/mol. The maximum atomic E-state index is 10.6. The standard InChI is InChI=1S/C6H7NO2S.C2H5N/c7-10(8,9)6-4-2-1-3-5-6;1-2-3/h1-5H,(H2,7,8,9);2H,1,3H2. The third kappa shape index (κ3) is 5.00. The fourth-order valence-corrected chi connectivity index (χ4v) is 1.15. The van der Waals surface area contributed by atoms with Gasteiger partial charge in [-0.2, -0.15) is 0 Å². The van der Waals surface area contributed by atoms with Crippen molar-refractivity contribution in [2.45, 2.75) is 4.90 Å². The van der Waals surface area contributed by atoms with Crippen molar-refractivity contribution in [3.8, 4) is 0 Å². The van der Waals surface area contributed by atoms with Crippen LogP contribution in [0.2, 0.25) is 0 Å². The van der Waals surface area contributed by atoms with Crippen molar-refractivity contribution in [3.05, 3.63) is 43.1 Å². The number of rotatable bonds is 1. The lowest BCUT2D eigenvalue weighted by molar-refractivity contribution is 0.598. The molecule has 0 unspecified atom stereocenters. The molecule has 0 radical (unpaired) electrons. The second-order valence-corrected chi connectivity index (χ2v) is 3.66. The topological polar surface area (TPSA) is 86.2 Å². The maximum absolute atomic E-state index is 10.6. The van der Waals surface area contributed by atoms with Crippen LogP contribution in [0.1, 0.15) is 0 Å². The van der Waals surface area contributed by atoms with E-state index in [2.05, 4.69) is 12.3 Å². The lowest BCUT2D eigenvalue weighted by Crippen LogP contribution is -2.11. The number of sulfonamides is 1. The van der Waals surface area contributed by atoms with E-state index < -0.39 is 10.0 Å². The van der Waals surface area contributed by atoms with Crippen molar-refractivity contribution >= 4 is 10.0 Å². The lowest BCUT2D eigenvalue weighted by Gasteiger charge is -1.93. The second kappa shape index (κ2) is 5.34. The molecule has 0 aromatic heterocycles. The summed E-state index contributed by atoms with van der Waals surface area (Å²) in [5, 5.41) is 4.83. The predicted octanol–water partition coefficient (Wildman–Crippen LogP) is 0.423. The molecule has 5 heteroatoms. The minimum Gasteiger partial charge on any atom is -0.405 e. The molecule has 0 heterocycles. The van der Waals surface area contributed by atoms with Gasteiger partial charge in [0, 0.05) is 0 Å². The molecule has 0 fully saturated rings. The molecule has 0 aliphatic carbocycles. The van der Waals surface area contributed by atoms with Crippen LogP contribution < -0.4 is 10.9 Å². The molecule has 4 N–H and O–H groups in total. The van der Waals surface area contributed by atoms with Crippen LogP contribution >= 0.6 is 0 Å². The summed E-state index contributed by atoms with van der Waals surface area (Å²) in [5.74, 6) is 0. The molecule has 0 bridgehead atoms. The fourth-order valence-electron chi connectivity index (χ4n) is 0.610. The summed E-state index contributed by atoms with van der Waals surface area (Å²) < 4.78 is 21.2. The highest BCUT2D eigenvalue weighted by molar-refractivity contribution is 7.89. The van der Waals surface area contributed by atoms with E-state index in [1.807, 2.05) is 0 Å². The summed E-state index contributed by atoms with van der Waals surface area (Å²) in [6.45, 7) is 3.14. The molecule has 1 aromatic carbocycles. The van der Waals surface area contributed by atoms with E-state index in [0.29, 0.717) is 0 Å². The summed E-state index contributed by atoms with van der Waals surface area (Å²) in [6.07, 6.45) is 1.25. The fraction of sp³-hybridized carbons (Fsp3) is 0. The molecule has 1 rings (SSSR count). The van der Waals surface area contributed by atoms with E-state index >= 15 is 0 Å². The molecule has 13 heavy (non-hydrogen) atoms. The quantitative estimate of drug-likeness (QED) is 0.689. The van der Waals surface area contributed by atoms with Crippen molar-refractivity contribution in [2.24, 2.45) is 10.9 Å². The Morgan fingerprint density at radius 3 is 1.85 bits per heavy atom. The van der Waals surface area contributed by atoms with Crippen molar-refractivity contribution in [1.29, 1.82) is 0 Å². The number of benzene rings is 1. The van der Waals surface area contributed by atoms with Crippen LogP contribution in [-0.4, -0.2) is 8.42 Å². The first-order chi connectivity index (χ1) is 6.02. The highest BCUT2D eigenvalue weighted by Crippen LogP contribution is 2.02. The maximum Gasteiger partial charge on any atom is 0.238 e. The summed E-state index contributed by atoms with van der Waals surface area (Å²) >= 11 is 0.